The van der Waals surface area contributed by atoms with Gasteiger partial charge in [-0.3, -0.25) is 9.79 Å². The molecule has 0 bridgehead atoms. The van der Waals surface area contributed by atoms with Crippen molar-refractivity contribution < 1.29 is 4.79 Å². The van der Waals surface area contributed by atoms with E-state index in [4.69, 9.17) is 18.0 Å². The first kappa shape index (κ1) is 21.6. The van der Waals surface area contributed by atoms with Crippen LogP contribution in [0.4, 0.5) is 0 Å². The maximum atomic E-state index is 12.6. The lowest BCUT2D eigenvalue weighted by Gasteiger charge is -2.41. The fourth-order valence-electron chi connectivity index (χ4n) is 2.91. The number of halogens is 2. The minimum absolute atomic E-state index is 0. The molecule has 1 aliphatic rings. The van der Waals surface area contributed by atoms with Crippen LogP contribution in [-0.2, 0) is 11.2 Å². The van der Waals surface area contributed by atoms with E-state index < -0.39 is 0 Å². The molecule has 1 atom stereocenters. The number of carbonyl (C=O) groups excluding carboxylic acids is 1. The van der Waals surface area contributed by atoms with E-state index in [-0.39, 0.29) is 35.9 Å². The van der Waals surface area contributed by atoms with Crippen molar-refractivity contribution in [3.05, 3.63) is 34.9 Å². The zero-order valence-electron chi connectivity index (χ0n) is 14.5. The molecule has 136 valence electrons. The van der Waals surface area contributed by atoms with E-state index in [1.807, 2.05) is 29.2 Å². The Hall–Kier alpha value is -1.46. The van der Waals surface area contributed by atoms with Crippen molar-refractivity contribution in [3.63, 3.8) is 0 Å². The summed E-state index contributed by atoms with van der Waals surface area (Å²) in [5, 5.41) is 3.78. The van der Waals surface area contributed by atoms with Gasteiger partial charge >= 0.3 is 0 Å². The molecule has 2 rings (SSSR count). The second-order valence-electron chi connectivity index (χ2n) is 5.79. The number of amides is 1. The lowest BCUT2D eigenvalue weighted by atomic mass is 10.1. The Labute approximate surface area is 171 Å². The second kappa shape index (κ2) is 10.5. The highest BCUT2D eigenvalue weighted by Crippen LogP contribution is 2.15. The molecule has 1 N–H and O–H groups in total. The van der Waals surface area contributed by atoms with Crippen molar-refractivity contribution in [2.45, 2.75) is 19.4 Å². The molecule has 0 aliphatic carbocycles. The second-order valence-corrected chi connectivity index (χ2v) is 6.23. The van der Waals surface area contributed by atoms with Crippen molar-refractivity contribution in [1.29, 1.82) is 0 Å². The van der Waals surface area contributed by atoms with E-state index in [2.05, 4.69) is 28.1 Å². The smallest absolute Gasteiger partial charge is 0.227 e. The predicted molar refractivity (Wildman–Crippen MR) is 114 cm³/mol. The minimum atomic E-state index is 0. The van der Waals surface area contributed by atoms with E-state index in [0.717, 1.165) is 24.6 Å². The van der Waals surface area contributed by atoms with Crippen molar-refractivity contribution in [2.24, 2.45) is 4.99 Å². The number of terminal acetylenes is 1. The molecule has 1 aliphatic heterocycles. The van der Waals surface area contributed by atoms with E-state index in [1.54, 1.807) is 7.05 Å². The Bertz CT molecular complexity index is 659. The summed E-state index contributed by atoms with van der Waals surface area (Å²) in [5.41, 5.74) is 0.939. The molecular formula is C18H24ClIN4O. The van der Waals surface area contributed by atoms with Gasteiger partial charge in [-0.2, -0.15) is 0 Å². The number of piperazine rings is 1. The van der Waals surface area contributed by atoms with Gasteiger partial charge in [0.1, 0.15) is 0 Å². The van der Waals surface area contributed by atoms with Gasteiger partial charge in [-0.1, -0.05) is 29.7 Å². The van der Waals surface area contributed by atoms with Crippen molar-refractivity contribution in [2.75, 3.05) is 33.2 Å². The summed E-state index contributed by atoms with van der Waals surface area (Å²) in [7, 11) is 1.74. The number of nitrogens with one attached hydrogen (secondary N) is 1. The first-order valence-electron chi connectivity index (χ1n) is 7.98. The van der Waals surface area contributed by atoms with E-state index in [0.29, 0.717) is 24.5 Å². The highest BCUT2D eigenvalue weighted by atomic mass is 127. The van der Waals surface area contributed by atoms with Crippen LogP contribution in [0.25, 0.3) is 0 Å². The van der Waals surface area contributed by atoms with Crippen LogP contribution in [0.1, 0.15) is 12.5 Å². The van der Waals surface area contributed by atoms with E-state index in [9.17, 15) is 4.79 Å². The first-order valence-corrected chi connectivity index (χ1v) is 8.36. The van der Waals surface area contributed by atoms with Gasteiger partial charge in [0.05, 0.1) is 13.0 Å². The Kier molecular flexibility index (Phi) is 9.08. The average molecular weight is 475 g/mol. The van der Waals surface area contributed by atoms with Crippen LogP contribution in [0.15, 0.2) is 29.3 Å². The standard InChI is InChI=1S/C18H23ClN4O.HI/c1-4-8-21-18(20-3)22-9-10-23(14(2)13-22)17(24)12-15-6-5-7-16(19)11-15;/h1,5-7,11,14H,8-10,12-13H2,2-3H3,(H,20,21);1H. The number of hydrogen-bond donors (Lipinski definition) is 1. The molecule has 1 amide bonds. The zero-order chi connectivity index (χ0) is 17.5. The fourth-order valence-corrected chi connectivity index (χ4v) is 3.12. The quantitative estimate of drug-likeness (QED) is 0.316. The molecule has 0 radical (unpaired) electrons. The largest absolute Gasteiger partial charge is 0.345 e. The molecule has 1 aromatic rings. The van der Waals surface area contributed by atoms with E-state index >= 15 is 0 Å². The molecule has 7 heteroatoms. The topological polar surface area (TPSA) is 47.9 Å². The summed E-state index contributed by atoms with van der Waals surface area (Å²) in [5.74, 6) is 3.45. The van der Waals surface area contributed by atoms with Gasteiger partial charge in [-0.05, 0) is 24.6 Å². The number of guanidine groups is 1. The van der Waals surface area contributed by atoms with Gasteiger partial charge in [0.2, 0.25) is 5.91 Å². The molecule has 1 unspecified atom stereocenters. The highest BCUT2D eigenvalue weighted by Gasteiger charge is 2.28. The molecule has 1 heterocycles. The van der Waals surface area contributed by atoms with Gasteiger partial charge in [0, 0.05) is 37.7 Å². The molecule has 0 spiro atoms. The average Bonchev–Trinajstić information content (AvgIpc) is 2.55. The summed E-state index contributed by atoms with van der Waals surface area (Å²) >= 11 is 5.99. The van der Waals surface area contributed by atoms with Gasteiger partial charge in [0.15, 0.2) is 5.96 Å². The Morgan fingerprint density at radius 2 is 2.24 bits per heavy atom. The summed E-state index contributed by atoms with van der Waals surface area (Å²) in [6.45, 7) is 4.62. The number of carbonyl (C=O) groups is 1. The lowest BCUT2D eigenvalue weighted by Crippen LogP contribution is -2.58. The maximum absolute atomic E-state index is 12.6. The van der Waals surface area contributed by atoms with Gasteiger partial charge in [-0.15, -0.1) is 30.4 Å². The maximum Gasteiger partial charge on any atom is 0.227 e. The normalized spacial score (nSPS) is 17.5. The third-order valence-corrected chi connectivity index (χ3v) is 4.29. The molecule has 0 saturated carbocycles. The SMILES string of the molecule is C#CCNC(=NC)N1CCN(C(=O)Cc2cccc(Cl)c2)C(C)C1.I. The summed E-state index contributed by atoms with van der Waals surface area (Å²) in [6, 6.07) is 7.55. The Morgan fingerprint density at radius 3 is 2.84 bits per heavy atom. The molecule has 5 nitrogen and oxygen atoms in total. The monoisotopic (exact) mass is 474 g/mol. The number of benzene rings is 1. The van der Waals surface area contributed by atoms with Crippen molar-refractivity contribution in [3.8, 4) is 12.3 Å². The summed E-state index contributed by atoms with van der Waals surface area (Å²) in [4.78, 5) is 20.9. The Balaban J connectivity index is 0.00000312. The molecule has 0 aromatic heterocycles. The highest BCUT2D eigenvalue weighted by molar-refractivity contribution is 14.0. The molecule has 1 aromatic carbocycles. The summed E-state index contributed by atoms with van der Waals surface area (Å²) < 4.78 is 0. The number of hydrogen-bond acceptors (Lipinski definition) is 2. The fraction of sp³-hybridized carbons (Fsp3) is 0.444. The third kappa shape index (κ3) is 6.08. The van der Waals surface area contributed by atoms with Crippen LogP contribution in [0, 0.1) is 12.3 Å². The van der Waals surface area contributed by atoms with Gasteiger partial charge in [0.25, 0.3) is 0 Å². The van der Waals surface area contributed by atoms with Gasteiger partial charge < -0.3 is 15.1 Å². The molecule has 25 heavy (non-hydrogen) atoms. The number of nitrogens with zero attached hydrogens (tertiary/aromatic N) is 3. The zero-order valence-corrected chi connectivity index (χ0v) is 17.6. The predicted octanol–water partition coefficient (Wildman–Crippen LogP) is 2.24. The third-order valence-electron chi connectivity index (χ3n) is 4.05. The van der Waals surface area contributed by atoms with Crippen LogP contribution in [0.3, 0.4) is 0 Å². The van der Waals surface area contributed by atoms with Crippen LogP contribution >= 0.6 is 35.6 Å². The molecular weight excluding hydrogens is 451 g/mol. The minimum Gasteiger partial charge on any atom is -0.345 e. The van der Waals surface area contributed by atoms with Crippen molar-refractivity contribution >= 4 is 47.4 Å². The van der Waals surface area contributed by atoms with Crippen LogP contribution in [-0.4, -0.2) is 60.9 Å². The first-order chi connectivity index (χ1) is 11.5. The lowest BCUT2D eigenvalue weighted by molar-refractivity contribution is -0.134. The van der Waals surface area contributed by atoms with Crippen molar-refractivity contribution in [1.82, 2.24) is 15.1 Å². The number of rotatable bonds is 3. The Morgan fingerprint density at radius 1 is 1.48 bits per heavy atom. The van der Waals surface area contributed by atoms with Gasteiger partial charge in [-0.25, -0.2) is 0 Å². The van der Waals surface area contributed by atoms with Crippen LogP contribution < -0.4 is 5.32 Å². The molecule has 1 fully saturated rings. The summed E-state index contributed by atoms with van der Waals surface area (Å²) in [6.07, 6.45) is 5.66. The number of aliphatic imine (C=N–C) groups is 1. The molecule has 1 saturated heterocycles. The van der Waals surface area contributed by atoms with Crippen LogP contribution in [0.2, 0.25) is 5.02 Å². The van der Waals surface area contributed by atoms with Crippen LogP contribution in [0.5, 0.6) is 0 Å². The van der Waals surface area contributed by atoms with E-state index in [1.165, 1.54) is 0 Å².